The lowest BCUT2D eigenvalue weighted by Crippen LogP contribution is -2.49. The van der Waals surface area contributed by atoms with Crippen molar-refractivity contribution in [1.29, 1.82) is 0 Å². The van der Waals surface area contributed by atoms with Crippen LogP contribution in [0.3, 0.4) is 0 Å². The van der Waals surface area contributed by atoms with E-state index in [1.165, 1.54) is 18.1 Å². The Hall–Kier alpha value is -1.78. The van der Waals surface area contributed by atoms with E-state index in [0.717, 1.165) is 31.6 Å². The summed E-state index contributed by atoms with van der Waals surface area (Å²) in [6, 6.07) is 14.6. The van der Waals surface area contributed by atoms with Gasteiger partial charge in [0.25, 0.3) is 0 Å². The predicted molar refractivity (Wildman–Crippen MR) is 90.8 cm³/mol. The highest BCUT2D eigenvalue weighted by Crippen LogP contribution is 2.35. The van der Waals surface area contributed by atoms with Gasteiger partial charge in [0.05, 0.1) is 0 Å². The Balaban J connectivity index is 1.58. The first-order chi connectivity index (χ1) is 11.7. The summed E-state index contributed by atoms with van der Waals surface area (Å²) in [5.74, 6) is -0.0216. The number of piperidine rings is 1. The zero-order chi connectivity index (χ0) is 16.5. The van der Waals surface area contributed by atoms with E-state index < -0.39 is 0 Å². The maximum Gasteiger partial charge on any atom is 0.123 e. The van der Waals surface area contributed by atoms with Gasteiger partial charge in [0.1, 0.15) is 11.6 Å². The molecule has 0 aliphatic carbocycles. The standard InChI is InChI=1S/C20H22F2N2/c21-16-8-6-15(7-9-16)18-12-23-19-5-2-10-24(20(18)19)13-14-3-1-4-17(22)11-14/h1,3-4,6-9,11,18-20,23H,2,5,10,12-13H2/t18-,19-,20-/m1/s1. The summed E-state index contributed by atoms with van der Waals surface area (Å²) in [6.45, 7) is 2.70. The fourth-order valence-corrected chi connectivity index (χ4v) is 4.32. The number of rotatable bonds is 3. The first kappa shape index (κ1) is 15.7. The minimum Gasteiger partial charge on any atom is -0.312 e. The largest absolute Gasteiger partial charge is 0.312 e. The monoisotopic (exact) mass is 328 g/mol. The van der Waals surface area contributed by atoms with Gasteiger partial charge in [0, 0.05) is 31.1 Å². The van der Waals surface area contributed by atoms with Gasteiger partial charge in [0.15, 0.2) is 0 Å². The Morgan fingerprint density at radius 3 is 2.67 bits per heavy atom. The van der Waals surface area contributed by atoms with E-state index in [4.69, 9.17) is 0 Å². The van der Waals surface area contributed by atoms with Crippen molar-refractivity contribution in [3.05, 3.63) is 71.3 Å². The van der Waals surface area contributed by atoms with Crippen molar-refractivity contribution >= 4 is 0 Å². The second-order valence-electron chi connectivity index (χ2n) is 6.91. The molecule has 2 aliphatic rings. The van der Waals surface area contributed by atoms with Crippen molar-refractivity contribution in [2.75, 3.05) is 13.1 Å². The number of benzene rings is 2. The molecule has 0 spiro atoms. The van der Waals surface area contributed by atoms with Gasteiger partial charge in [-0.2, -0.15) is 0 Å². The minimum absolute atomic E-state index is 0.180. The molecule has 2 heterocycles. The van der Waals surface area contributed by atoms with Gasteiger partial charge in [-0.3, -0.25) is 4.90 Å². The molecule has 3 atom stereocenters. The summed E-state index contributed by atoms with van der Waals surface area (Å²) in [5, 5.41) is 3.64. The average molecular weight is 328 g/mol. The van der Waals surface area contributed by atoms with E-state index in [1.807, 2.05) is 18.2 Å². The maximum atomic E-state index is 13.5. The Bertz CT molecular complexity index is 701. The molecule has 4 rings (SSSR count). The Morgan fingerprint density at radius 1 is 1.04 bits per heavy atom. The van der Waals surface area contributed by atoms with Crippen LogP contribution in [-0.2, 0) is 6.54 Å². The highest BCUT2D eigenvalue weighted by Gasteiger charge is 2.42. The maximum absolute atomic E-state index is 13.5. The topological polar surface area (TPSA) is 15.3 Å². The fourth-order valence-electron chi connectivity index (χ4n) is 4.32. The smallest absolute Gasteiger partial charge is 0.123 e. The SMILES string of the molecule is Fc1ccc([C@H]2CN[C@@H]3CCCN(Cc4cccc(F)c4)[C@H]23)cc1. The van der Waals surface area contributed by atoms with Gasteiger partial charge in [-0.15, -0.1) is 0 Å². The number of hydrogen-bond acceptors (Lipinski definition) is 2. The molecule has 1 N–H and O–H groups in total. The van der Waals surface area contributed by atoms with Crippen molar-refractivity contribution in [1.82, 2.24) is 10.2 Å². The van der Waals surface area contributed by atoms with E-state index in [2.05, 4.69) is 10.2 Å². The minimum atomic E-state index is -0.193. The Morgan fingerprint density at radius 2 is 1.88 bits per heavy atom. The highest BCUT2D eigenvalue weighted by molar-refractivity contribution is 5.26. The zero-order valence-corrected chi connectivity index (χ0v) is 13.6. The van der Waals surface area contributed by atoms with Crippen molar-refractivity contribution in [2.24, 2.45) is 0 Å². The van der Waals surface area contributed by atoms with Crippen LogP contribution in [0.25, 0.3) is 0 Å². The number of hydrogen-bond donors (Lipinski definition) is 1. The third kappa shape index (κ3) is 3.08. The second kappa shape index (κ2) is 6.61. The van der Waals surface area contributed by atoms with Crippen molar-refractivity contribution < 1.29 is 8.78 Å². The van der Waals surface area contributed by atoms with Crippen LogP contribution in [-0.4, -0.2) is 30.1 Å². The number of fused-ring (bicyclic) bond motifs is 1. The van der Waals surface area contributed by atoms with Crippen LogP contribution in [0.2, 0.25) is 0 Å². The predicted octanol–water partition coefficient (Wildman–Crippen LogP) is 3.68. The second-order valence-corrected chi connectivity index (χ2v) is 6.91. The van der Waals surface area contributed by atoms with Gasteiger partial charge < -0.3 is 5.32 Å². The lowest BCUT2D eigenvalue weighted by Gasteiger charge is -2.40. The van der Waals surface area contributed by atoms with Gasteiger partial charge in [-0.05, 0) is 54.8 Å². The summed E-state index contributed by atoms with van der Waals surface area (Å²) in [4.78, 5) is 2.47. The lowest BCUT2D eigenvalue weighted by atomic mass is 9.86. The van der Waals surface area contributed by atoms with Crippen LogP contribution in [0.15, 0.2) is 48.5 Å². The van der Waals surface area contributed by atoms with Crippen molar-refractivity contribution in [3.8, 4) is 0 Å². The molecule has 2 fully saturated rings. The molecule has 2 nitrogen and oxygen atoms in total. The van der Waals surface area contributed by atoms with E-state index in [-0.39, 0.29) is 11.6 Å². The molecule has 24 heavy (non-hydrogen) atoms. The number of likely N-dealkylation sites (tertiary alicyclic amines) is 1. The van der Waals surface area contributed by atoms with Gasteiger partial charge in [-0.25, -0.2) is 8.78 Å². The highest BCUT2D eigenvalue weighted by atomic mass is 19.1. The van der Waals surface area contributed by atoms with Gasteiger partial charge in [0.2, 0.25) is 0 Å². The third-order valence-electron chi connectivity index (χ3n) is 5.38. The van der Waals surface area contributed by atoms with E-state index in [0.29, 0.717) is 18.0 Å². The summed E-state index contributed by atoms with van der Waals surface area (Å²) in [5.41, 5.74) is 2.20. The lowest BCUT2D eigenvalue weighted by molar-refractivity contribution is 0.120. The molecular weight excluding hydrogens is 306 g/mol. The number of nitrogens with zero attached hydrogens (tertiary/aromatic N) is 1. The molecule has 2 aliphatic heterocycles. The Kier molecular flexibility index (Phi) is 4.33. The van der Waals surface area contributed by atoms with Crippen LogP contribution < -0.4 is 5.32 Å². The molecule has 4 heteroatoms. The van der Waals surface area contributed by atoms with Crippen molar-refractivity contribution in [2.45, 2.75) is 37.4 Å². The molecule has 0 bridgehead atoms. The molecule has 126 valence electrons. The quantitative estimate of drug-likeness (QED) is 0.924. The summed E-state index contributed by atoms with van der Waals surface area (Å²) in [7, 11) is 0. The third-order valence-corrected chi connectivity index (χ3v) is 5.38. The zero-order valence-electron chi connectivity index (χ0n) is 13.6. The summed E-state index contributed by atoms with van der Waals surface area (Å²) >= 11 is 0. The van der Waals surface area contributed by atoms with Crippen LogP contribution in [0.4, 0.5) is 8.78 Å². The molecule has 0 unspecified atom stereocenters. The van der Waals surface area contributed by atoms with Crippen LogP contribution in [0.5, 0.6) is 0 Å². The fraction of sp³-hybridized carbons (Fsp3) is 0.400. The molecule has 0 saturated carbocycles. The average Bonchev–Trinajstić information content (AvgIpc) is 3.01. The molecule has 0 radical (unpaired) electrons. The van der Waals surface area contributed by atoms with Gasteiger partial charge >= 0.3 is 0 Å². The Labute approximate surface area is 141 Å². The van der Waals surface area contributed by atoms with Crippen LogP contribution in [0.1, 0.15) is 29.9 Å². The molecule has 2 aromatic carbocycles. The van der Waals surface area contributed by atoms with E-state index in [9.17, 15) is 8.78 Å². The van der Waals surface area contributed by atoms with Crippen molar-refractivity contribution in [3.63, 3.8) is 0 Å². The number of nitrogens with one attached hydrogen (secondary N) is 1. The molecule has 2 aromatic rings. The molecule has 2 saturated heterocycles. The van der Waals surface area contributed by atoms with E-state index in [1.54, 1.807) is 24.3 Å². The first-order valence-electron chi connectivity index (χ1n) is 8.68. The van der Waals surface area contributed by atoms with Crippen LogP contribution in [0, 0.1) is 11.6 Å². The van der Waals surface area contributed by atoms with Gasteiger partial charge in [-0.1, -0.05) is 24.3 Å². The molecule has 0 amide bonds. The summed E-state index contributed by atoms with van der Waals surface area (Å²) < 4.78 is 26.7. The van der Waals surface area contributed by atoms with E-state index >= 15 is 0 Å². The summed E-state index contributed by atoms with van der Waals surface area (Å²) in [6.07, 6.45) is 2.32. The number of halogens is 2. The molecular formula is C20H22F2N2. The molecule has 0 aromatic heterocycles. The van der Waals surface area contributed by atoms with Crippen LogP contribution >= 0.6 is 0 Å². The first-order valence-corrected chi connectivity index (χ1v) is 8.68. The normalized spacial score (nSPS) is 27.2.